The Bertz CT molecular complexity index is 323. The molecule has 0 fully saturated rings. The highest BCUT2D eigenvalue weighted by molar-refractivity contribution is 5.94. The van der Waals surface area contributed by atoms with Crippen molar-refractivity contribution in [3.8, 4) is 0 Å². The normalized spacial score (nSPS) is 12.2. The van der Waals surface area contributed by atoms with Gasteiger partial charge in [-0.25, -0.2) is 4.98 Å². The van der Waals surface area contributed by atoms with Crippen molar-refractivity contribution in [3.63, 3.8) is 0 Å². The van der Waals surface area contributed by atoms with Crippen LogP contribution in [0.25, 0.3) is 0 Å². The van der Waals surface area contributed by atoms with Crippen LogP contribution in [0.2, 0.25) is 0 Å². The summed E-state index contributed by atoms with van der Waals surface area (Å²) in [6, 6.07) is 3.89. The number of ketones is 1. The molecule has 3 nitrogen and oxygen atoms in total. The van der Waals surface area contributed by atoms with E-state index in [1.54, 1.807) is 25.3 Å². The standard InChI is InChI=1S/C11H16N2O/c1-4-8(2)13-11-7-10(9(3)14)5-6-12-11/h5-8H,4H2,1-3H3,(H,12,13). The highest BCUT2D eigenvalue weighted by atomic mass is 16.1. The third-order valence-corrected chi connectivity index (χ3v) is 2.17. The molecule has 0 spiro atoms. The zero-order valence-electron chi connectivity index (χ0n) is 8.87. The summed E-state index contributed by atoms with van der Waals surface area (Å²) in [4.78, 5) is 15.2. The Morgan fingerprint density at radius 1 is 1.64 bits per heavy atom. The lowest BCUT2D eigenvalue weighted by atomic mass is 10.2. The predicted octanol–water partition coefficient (Wildman–Crippen LogP) is 2.49. The van der Waals surface area contributed by atoms with E-state index < -0.39 is 0 Å². The molecular formula is C11H16N2O. The number of Topliss-reactive ketones (excluding diaryl/α,β-unsaturated/α-hetero) is 1. The molecule has 0 aliphatic heterocycles. The molecule has 1 rings (SSSR count). The van der Waals surface area contributed by atoms with Crippen molar-refractivity contribution in [1.29, 1.82) is 0 Å². The van der Waals surface area contributed by atoms with Crippen LogP contribution in [0.4, 0.5) is 5.82 Å². The van der Waals surface area contributed by atoms with Crippen molar-refractivity contribution >= 4 is 11.6 Å². The van der Waals surface area contributed by atoms with E-state index in [-0.39, 0.29) is 5.78 Å². The maximum atomic E-state index is 11.1. The molecule has 3 heteroatoms. The Labute approximate surface area is 84.6 Å². The molecule has 0 aromatic carbocycles. The van der Waals surface area contributed by atoms with Gasteiger partial charge < -0.3 is 5.32 Å². The minimum absolute atomic E-state index is 0.0691. The minimum atomic E-state index is 0.0691. The molecule has 0 aliphatic rings. The number of anilines is 1. The number of aromatic nitrogens is 1. The summed E-state index contributed by atoms with van der Waals surface area (Å²) in [5.41, 5.74) is 0.700. The molecule has 1 N–H and O–H groups in total. The number of carbonyl (C=O) groups is 1. The number of hydrogen-bond acceptors (Lipinski definition) is 3. The SMILES string of the molecule is CCC(C)Nc1cc(C(C)=O)ccn1. The number of carbonyl (C=O) groups excluding carboxylic acids is 1. The minimum Gasteiger partial charge on any atom is -0.368 e. The summed E-state index contributed by atoms with van der Waals surface area (Å²) in [6.45, 7) is 5.75. The molecule has 14 heavy (non-hydrogen) atoms. The summed E-state index contributed by atoms with van der Waals surface area (Å²) < 4.78 is 0. The summed E-state index contributed by atoms with van der Waals surface area (Å²) in [5.74, 6) is 0.839. The maximum absolute atomic E-state index is 11.1. The molecule has 1 unspecified atom stereocenters. The summed E-state index contributed by atoms with van der Waals surface area (Å²) in [7, 11) is 0. The van der Waals surface area contributed by atoms with Crippen LogP contribution in [0.5, 0.6) is 0 Å². The summed E-state index contributed by atoms with van der Waals surface area (Å²) in [6.07, 6.45) is 2.69. The second-order valence-corrected chi connectivity index (χ2v) is 3.44. The average Bonchev–Trinajstić information content (AvgIpc) is 2.18. The fourth-order valence-electron chi connectivity index (χ4n) is 1.08. The highest BCUT2D eigenvalue weighted by Gasteiger charge is 2.03. The monoisotopic (exact) mass is 192 g/mol. The number of rotatable bonds is 4. The first-order valence-electron chi connectivity index (χ1n) is 4.87. The smallest absolute Gasteiger partial charge is 0.159 e. The molecule has 0 amide bonds. The van der Waals surface area contributed by atoms with E-state index in [1.807, 2.05) is 0 Å². The van der Waals surface area contributed by atoms with Crippen LogP contribution in [0.15, 0.2) is 18.3 Å². The average molecular weight is 192 g/mol. The Kier molecular flexibility index (Phi) is 3.63. The molecule has 0 saturated heterocycles. The first-order valence-corrected chi connectivity index (χ1v) is 4.87. The predicted molar refractivity (Wildman–Crippen MR) is 57.6 cm³/mol. The van der Waals surface area contributed by atoms with Gasteiger partial charge in [0.2, 0.25) is 0 Å². The van der Waals surface area contributed by atoms with Gasteiger partial charge in [-0.15, -0.1) is 0 Å². The fourth-order valence-corrected chi connectivity index (χ4v) is 1.08. The van der Waals surface area contributed by atoms with Crippen LogP contribution < -0.4 is 5.32 Å². The number of pyridine rings is 1. The fraction of sp³-hybridized carbons (Fsp3) is 0.455. The number of hydrogen-bond donors (Lipinski definition) is 1. The third-order valence-electron chi connectivity index (χ3n) is 2.17. The van der Waals surface area contributed by atoms with Gasteiger partial charge in [-0.3, -0.25) is 4.79 Å². The van der Waals surface area contributed by atoms with Crippen molar-refractivity contribution in [1.82, 2.24) is 4.98 Å². The maximum Gasteiger partial charge on any atom is 0.159 e. The first-order chi connectivity index (χ1) is 6.63. The molecule has 0 bridgehead atoms. The van der Waals surface area contributed by atoms with Gasteiger partial charge in [0.15, 0.2) is 5.78 Å². The van der Waals surface area contributed by atoms with E-state index in [9.17, 15) is 4.79 Å². The lowest BCUT2D eigenvalue weighted by Crippen LogP contribution is -2.14. The van der Waals surface area contributed by atoms with Crippen LogP contribution >= 0.6 is 0 Å². The Balaban J connectivity index is 2.78. The van der Waals surface area contributed by atoms with Crippen LogP contribution in [-0.2, 0) is 0 Å². The Morgan fingerprint density at radius 2 is 2.36 bits per heavy atom. The van der Waals surface area contributed by atoms with Gasteiger partial charge in [-0.2, -0.15) is 0 Å². The van der Waals surface area contributed by atoms with Gasteiger partial charge in [0.05, 0.1) is 0 Å². The number of nitrogens with one attached hydrogen (secondary N) is 1. The van der Waals surface area contributed by atoms with Gasteiger partial charge in [0, 0.05) is 17.8 Å². The van der Waals surface area contributed by atoms with Crippen LogP contribution in [0, 0.1) is 0 Å². The molecule has 76 valence electrons. The highest BCUT2D eigenvalue weighted by Crippen LogP contribution is 2.09. The second kappa shape index (κ2) is 4.74. The molecule has 1 aromatic heterocycles. The largest absolute Gasteiger partial charge is 0.368 e. The van der Waals surface area contributed by atoms with Crippen molar-refractivity contribution < 1.29 is 4.79 Å². The number of nitrogens with zero attached hydrogens (tertiary/aromatic N) is 1. The summed E-state index contributed by atoms with van der Waals surface area (Å²) in [5, 5.41) is 3.22. The van der Waals surface area contributed by atoms with Crippen molar-refractivity contribution in [2.45, 2.75) is 33.2 Å². The lowest BCUT2D eigenvalue weighted by Gasteiger charge is -2.11. The Morgan fingerprint density at radius 3 is 2.93 bits per heavy atom. The lowest BCUT2D eigenvalue weighted by molar-refractivity contribution is 0.101. The van der Waals surface area contributed by atoms with E-state index in [2.05, 4.69) is 24.1 Å². The van der Waals surface area contributed by atoms with E-state index in [4.69, 9.17) is 0 Å². The molecule has 0 radical (unpaired) electrons. The van der Waals surface area contributed by atoms with Gasteiger partial charge in [-0.1, -0.05) is 6.92 Å². The molecule has 1 atom stereocenters. The second-order valence-electron chi connectivity index (χ2n) is 3.44. The molecule has 0 aliphatic carbocycles. The molecule has 1 aromatic rings. The Hall–Kier alpha value is -1.38. The summed E-state index contributed by atoms with van der Waals surface area (Å²) >= 11 is 0. The van der Waals surface area contributed by atoms with E-state index in [0.717, 1.165) is 12.2 Å². The van der Waals surface area contributed by atoms with Gasteiger partial charge in [0.25, 0.3) is 0 Å². The van der Waals surface area contributed by atoms with Crippen LogP contribution in [0.3, 0.4) is 0 Å². The first kappa shape index (κ1) is 10.7. The van der Waals surface area contributed by atoms with E-state index in [1.165, 1.54) is 0 Å². The van der Waals surface area contributed by atoms with Crippen molar-refractivity contribution in [3.05, 3.63) is 23.9 Å². The van der Waals surface area contributed by atoms with Gasteiger partial charge >= 0.3 is 0 Å². The van der Waals surface area contributed by atoms with Crippen molar-refractivity contribution in [2.24, 2.45) is 0 Å². The van der Waals surface area contributed by atoms with E-state index >= 15 is 0 Å². The van der Waals surface area contributed by atoms with Crippen molar-refractivity contribution in [2.75, 3.05) is 5.32 Å². The van der Waals surface area contributed by atoms with Crippen LogP contribution in [-0.4, -0.2) is 16.8 Å². The van der Waals surface area contributed by atoms with Gasteiger partial charge in [-0.05, 0) is 32.4 Å². The third kappa shape index (κ3) is 2.83. The quantitative estimate of drug-likeness (QED) is 0.745. The van der Waals surface area contributed by atoms with E-state index in [0.29, 0.717) is 11.6 Å². The zero-order chi connectivity index (χ0) is 10.6. The molecule has 1 heterocycles. The molecular weight excluding hydrogens is 176 g/mol. The molecule has 0 saturated carbocycles. The zero-order valence-corrected chi connectivity index (χ0v) is 8.87. The van der Waals surface area contributed by atoms with Gasteiger partial charge in [0.1, 0.15) is 5.82 Å². The van der Waals surface area contributed by atoms with Crippen LogP contribution in [0.1, 0.15) is 37.6 Å². The topological polar surface area (TPSA) is 42.0 Å².